The normalized spacial score (nSPS) is 12.9. The Kier molecular flexibility index (Phi) is 17.0. The summed E-state index contributed by atoms with van der Waals surface area (Å²) in [5.74, 6) is -0.375. The largest absolute Gasteiger partial charge is 1.00 e. The lowest BCUT2D eigenvalue weighted by atomic mass is 10.1. The number of hydrogen-bond donors (Lipinski definition) is 1. The van der Waals surface area contributed by atoms with Crippen LogP contribution in [0.4, 0.5) is 0 Å². The molecule has 1 N–H and O–H groups in total. The number of esters is 1. The van der Waals surface area contributed by atoms with Gasteiger partial charge in [0.1, 0.15) is 19.3 Å². The summed E-state index contributed by atoms with van der Waals surface area (Å²) in [7, 11) is 0. The number of nitrogens with zero attached hydrogens (tertiary/aromatic N) is 1. The Morgan fingerprint density at radius 3 is 1.88 bits per heavy atom. The van der Waals surface area contributed by atoms with Gasteiger partial charge in [0.2, 0.25) is 0 Å². The van der Waals surface area contributed by atoms with Gasteiger partial charge in [0, 0.05) is 6.08 Å². The fourth-order valence-electron chi connectivity index (χ4n) is 2.95. The molecule has 24 heavy (non-hydrogen) atoms. The van der Waals surface area contributed by atoms with E-state index in [-0.39, 0.29) is 25.0 Å². The van der Waals surface area contributed by atoms with Crippen molar-refractivity contribution in [2.45, 2.75) is 72.3 Å². The van der Waals surface area contributed by atoms with Gasteiger partial charge >= 0.3 is 5.97 Å². The zero-order chi connectivity index (χ0) is 17.6. The molecule has 0 saturated carbocycles. The number of aliphatic hydroxyl groups is 1. The summed E-state index contributed by atoms with van der Waals surface area (Å²) in [5.41, 5.74) is 0. The summed E-state index contributed by atoms with van der Waals surface area (Å²) in [6, 6.07) is 0. The average molecular weight is 364 g/mol. The van der Waals surface area contributed by atoms with Crippen LogP contribution in [0, 0.1) is 0 Å². The Hall–Kier alpha value is -0.580. The molecular weight excluding hydrogens is 326 g/mol. The molecule has 0 aliphatic carbocycles. The third kappa shape index (κ3) is 11.9. The lowest BCUT2D eigenvalue weighted by molar-refractivity contribution is -0.931. The Morgan fingerprint density at radius 1 is 1.04 bits per heavy atom. The number of ether oxygens (including phenoxy) is 1. The molecule has 0 aromatic carbocycles. The Labute approximate surface area is 155 Å². The molecule has 0 radical (unpaired) electrons. The highest BCUT2D eigenvalue weighted by atomic mass is 35.5. The smallest absolute Gasteiger partial charge is 0.330 e. The van der Waals surface area contributed by atoms with E-state index in [0.717, 1.165) is 24.1 Å². The Bertz CT molecular complexity index is 313. The average Bonchev–Trinajstić information content (AvgIpc) is 2.54. The molecule has 0 aromatic heterocycles. The van der Waals surface area contributed by atoms with E-state index in [2.05, 4.69) is 20.8 Å². The van der Waals surface area contributed by atoms with Crippen LogP contribution in [-0.4, -0.2) is 54.4 Å². The monoisotopic (exact) mass is 363 g/mol. The van der Waals surface area contributed by atoms with Crippen molar-refractivity contribution in [3.05, 3.63) is 12.2 Å². The van der Waals surface area contributed by atoms with Gasteiger partial charge in [-0.25, -0.2) is 4.79 Å². The maximum atomic E-state index is 11.4. The molecule has 0 saturated heterocycles. The number of unbranched alkanes of at least 4 members (excludes halogenated alkanes) is 3. The molecular formula is C19H38ClNO3. The Morgan fingerprint density at radius 2 is 1.50 bits per heavy atom. The number of aliphatic hydroxyl groups excluding tert-OH is 1. The number of allylic oxidation sites excluding steroid dienone is 1. The predicted octanol–water partition coefficient (Wildman–Crippen LogP) is 0.688. The van der Waals surface area contributed by atoms with E-state index in [9.17, 15) is 9.90 Å². The lowest BCUT2D eigenvalue weighted by Gasteiger charge is -2.40. The van der Waals surface area contributed by atoms with Crippen molar-refractivity contribution >= 4 is 5.97 Å². The van der Waals surface area contributed by atoms with E-state index in [0.29, 0.717) is 6.54 Å². The molecule has 0 heterocycles. The van der Waals surface area contributed by atoms with Crippen LogP contribution >= 0.6 is 0 Å². The summed E-state index contributed by atoms with van der Waals surface area (Å²) >= 11 is 0. The molecule has 4 nitrogen and oxygen atoms in total. The highest BCUT2D eigenvalue weighted by Crippen LogP contribution is 2.16. The van der Waals surface area contributed by atoms with Gasteiger partial charge in [-0.15, -0.1) is 0 Å². The van der Waals surface area contributed by atoms with Gasteiger partial charge in [0.25, 0.3) is 0 Å². The van der Waals surface area contributed by atoms with Gasteiger partial charge in [-0.3, -0.25) is 0 Å². The van der Waals surface area contributed by atoms with Gasteiger partial charge in [0.05, 0.1) is 19.6 Å². The van der Waals surface area contributed by atoms with Crippen LogP contribution in [0.25, 0.3) is 0 Å². The van der Waals surface area contributed by atoms with Crippen LogP contribution in [0.2, 0.25) is 0 Å². The van der Waals surface area contributed by atoms with Crippen LogP contribution < -0.4 is 12.4 Å². The standard InChI is InChI=1S/C19H38NO3.ClH/c1-5-9-13-20(14-10-6-2,15-11-7-3)16-18(21)17-23-19(22)12-8-4;/h8,12,18,21H,5-7,9-11,13-17H2,1-4H3;1H/q+1;/p-1. The first kappa shape index (κ1) is 25.7. The summed E-state index contributed by atoms with van der Waals surface area (Å²) in [4.78, 5) is 11.4. The van der Waals surface area contributed by atoms with E-state index in [4.69, 9.17) is 4.74 Å². The van der Waals surface area contributed by atoms with Gasteiger partial charge in [-0.2, -0.15) is 0 Å². The van der Waals surface area contributed by atoms with Crippen molar-refractivity contribution in [3.8, 4) is 0 Å². The van der Waals surface area contributed by atoms with Crippen molar-refractivity contribution in [1.82, 2.24) is 0 Å². The van der Waals surface area contributed by atoms with Crippen molar-refractivity contribution in [3.63, 3.8) is 0 Å². The number of quaternary nitrogens is 1. The number of halogens is 1. The van der Waals surface area contributed by atoms with Crippen molar-refractivity contribution in [2.24, 2.45) is 0 Å². The fraction of sp³-hybridized carbons (Fsp3) is 0.842. The maximum Gasteiger partial charge on any atom is 0.330 e. The molecule has 0 amide bonds. The van der Waals surface area contributed by atoms with Gasteiger partial charge in [-0.05, 0) is 26.2 Å². The summed E-state index contributed by atoms with van der Waals surface area (Å²) in [5, 5.41) is 10.4. The Balaban J connectivity index is 0. The molecule has 0 spiro atoms. The zero-order valence-electron chi connectivity index (χ0n) is 16.1. The molecule has 5 heteroatoms. The van der Waals surface area contributed by atoms with Crippen LogP contribution in [0.5, 0.6) is 0 Å². The van der Waals surface area contributed by atoms with E-state index >= 15 is 0 Å². The summed E-state index contributed by atoms with van der Waals surface area (Å²) in [6.07, 6.45) is 9.50. The minimum atomic E-state index is -0.588. The minimum Gasteiger partial charge on any atom is -1.00 e. The quantitative estimate of drug-likeness (QED) is 0.280. The molecule has 0 rings (SSSR count). The fourth-order valence-corrected chi connectivity index (χ4v) is 2.95. The highest BCUT2D eigenvalue weighted by molar-refractivity contribution is 5.81. The zero-order valence-corrected chi connectivity index (χ0v) is 16.9. The molecule has 0 fully saturated rings. The summed E-state index contributed by atoms with van der Waals surface area (Å²) in [6.45, 7) is 12.5. The third-order valence-electron chi connectivity index (χ3n) is 4.28. The van der Waals surface area contributed by atoms with Gasteiger partial charge in [-0.1, -0.05) is 46.1 Å². The number of rotatable bonds is 14. The van der Waals surface area contributed by atoms with E-state index < -0.39 is 6.10 Å². The first-order valence-electron chi connectivity index (χ1n) is 9.36. The SMILES string of the molecule is CC=CC(=O)OCC(O)C[N+](CCCC)(CCCC)CCCC.[Cl-]. The second-order valence-electron chi connectivity index (χ2n) is 6.54. The topological polar surface area (TPSA) is 46.5 Å². The summed E-state index contributed by atoms with van der Waals surface area (Å²) < 4.78 is 6.07. The number of hydrogen-bond acceptors (Lipinski definition) is 3. The third-order valence-corrected chi connectivity index (χ3v) is 4.28. The number of carbonyl (C=O) groups is 1. The van der Waals surface area contributed by atoms with Crippen molar-refractivity contribution in [1.29, 1.82) is 0 Å². The second kappa shape index (κ2) is 15.9. The molecule has 0 aromatic rings. The van der Waals surface area contributed by atoms with Crippen molar-refractivity contribution in [2.75, 3.05) is 32.8 Å². The van der Waals surface area contributed by atoms with Crippen LogP contribution in [0.15, 0.2) is 12.2 Å². The first-order chi connectivity index (χ1) is 11.0. The van der Waals surface area contributed by atoms with Crippen LogP contribution in [0.3, 0.4) is 0 Å². The molecule has 1 unspecified atom stereocenters. The van der Waals surface area contributed by atoms with E-state index in [1.54, 1.807) is 13.0 Å². The molecule has 0 aliphatic rings. The molecule has 1 atom stereocenters. The molecule has 0 aliphatic heterocycles. The minimum absolute atomic E-state index is 0. The highest BCUT2D eigenvalue weighted by Gasteiger charge is 2.29. The molecule has 0 bridgehead atoms. The molecule has 144 valence electrons. The van der Waals surface area contributed by atoms with E-state index in [1.165, 1.54) is 44.6 Å². The van der Waals surface area contributed by atoms with Crippen LogP contribution in [0.1, 0.15) is 66.2 Å². The van der Waals surface area contributed by atoms with Crippen molar-refractivity contribution < 1.29 is 31.5 Å². The number of carbonyl (C=O) groups excluding carboxylic acids is 1. The van der Waals surface area contributed by atoms with Gasteiger partial charge in [0.15, 0.2) is 0 Å². The van der Waals surface area contributed by atoms with Crippen LogP contribution in [-0.2, 0) is 9.53 Å². The van der Waals surface area contributed by atoms with E-state index in [1.807, 2.05) is 0 Å². The lowest BCUT2D eigenvalue weighted by Crippen LogP contribution is -3.00. The maximum absolute atomic E-state index is 11.4. The van der Waals surface area contributed by atoms with Gasteiger partial charge < -0.3 is 26.7 Å². The predicted molar refractivity (Wildman–Crippen MR) is 96.2 cm³/mol. The second-order valence-corrected chi connectivity index (χ2v) is 6.54. The first-order valence-corrected chi connectivity index (χ1v) is 9.36.